The fourth-order valence-corrected chi connectivity index (χ4v) is 2.95. The maximum Gasteiger partial charge on any atom is 0.219 e. The van der Waals surface area contributed by atoms with Crippen LogP contribution in [0.15, 0.2) is 0 Å². The highest BCUT2D eigenvalue weighted by Gasteiger charge is 2.02. The smallest absolute Gasteiger partial charge is 0.219 e. The lowest BCUT2D eigenvalue weighted by Crippen LogP contribution is -2.27. The molecule has 0 rings (SSSR count). The Balaban J connectivity index is 3.23. The molecule has 0 aromatic carbocycles. The third kappa shape index (κ3) is 23.0. The predicted octanol–water partition coefficient (Wildman–Crippen LogP) is 2.06. The molecule has 0 aromatic rings. The zero-order valence-corrected chi connectivity index (χ0v) is 18.8. The first kappa shape index (κ1) is 27.8. The molecule has 0 saturated carbocycles. The third-order valence-electron chi connectivity index (χ3n) is 4.78. The number of hydrogen-bond acceptors (Lipinski definition) is 5. The Bertz CT molecular complexity index is 380. The van der Waals surface area contributed by atoms with Crippen LogP contribution in [0.25, 0.3) is 0 Å². The number of rotatable bonds is 22. The number of unbranched alkanes of at least 4 members (excludes halogenated alkanes) is 5. The van der Waals surface area contributed by atoms with E-state index in [1.807, 2.05) is 0 Å². The summed E-state index contributed by atoms with van der Waals surface area (Å²) < 4.78 is 0. The summed E-state index contributed by atoms with van der Waals surface area (Å²) in [6.07, 6.45) is 11.6. The molecule has 6 N–H and O–H groups in total. The zero-order chi connectivity index (χ0) is 21.4. The Morgan fingerprint density at radius 3 is 1.66 bits per heavy atom. The minimum absolute atomic E-state index is 0.136. The Morgan fingerprint density at radius 2 is 1.07 bits per heavy atom. The van der Waals surface area contributed by atoms with Crippen molar-refractivity contribution < 1.29 is 9.59 Å². The van der Waals surface area contributed by atoms with Gasteiger partial charge in [-0.05, 0) is 77.7 Å². The quantitative estimate of drug-likeness (QED) is 0.175. The lowest BCUT2D eigenvalue weighted by Gasteiger charge is -2.08. The molecule has 0 unspecified atom stereocenters. The second kappa shape index (κ2) is 23.1. The van der Waals surface area contributed by atoms with Gasteiger partial charge >= 0.3 is 0 Å². The summed E-state index contributed by atoms with van der Waals surface area (Å²) in [5.74, 6) is 0.293. The molecule has 0 aromatic heterocycles. The van der Waals surface area contributed by atoms with Gasteiger partial charge in [0.25, 0.3) is 0 Å². The standard InChI is InChI=1S/C22H47N5O2/c1-2-3-5-12-21(28)26-19-7-4-6-13-22(29)27-20-11-18-25-16-9-8-15-24-17-10-14-23/h24-25H,2-20,23H2,1H3,(H,26,28)(H,27,29). The van der Waals surface area contributed by atoms with E-state index in [-0.39, 0.29) is 11.8 Å². The van der Waals surface area contributed by atoms with Gasteiger partial charge in [0, 0.05) is 25.9 Å². The fourth-order valence-electron chi connectivity index (χ4n) is 2.95. The highest BCUT2D eigenvalue weighted by atomic mass is 16.2. The monoisotopic (exact) mass is 413 g/mol. The van der Waals surface area contributed by atoms with E-state index in [1.54, 1.807) is 0 Å². The van der Waals surface area contributed by atoms with Crippen LogP contribution in [0.1, 0.15) is 84.0 Å². The topological polar surface area (TPSA) is 108 Å². The van der Waals surface area contributed by atoms with Gasteiger partial charge in [-0.1, -0.05) is 26.2 Å². The van der Waals surface area contributed by atoms with Gasteiger partial charge < -0.3 is 27.0 Å². The molecule has 0 bridgehead atoms. The molecule has 7 heteroatoms. The van der Waals surface area contributed by atoms with Gasteiger partial charge in [0.1, 0.15) is 0 Å². The minimum atomic E-state index is 0.136. The lowest BCUT2D eigenvalue weighted by atomic mass is 10.1. The molecule has 0 aliphatic carbocycles. The maximum absolute atomic E-state index is 11.8. The van der Waals surface area contributed by atoms with Crippen LogP contribution in [0, 0.1) is 0 Å². The van der Waals surface area contributed by atoms with Crippen molar-refractivity contribution in [2.24, 2.45) is 5.73 Å². The summed E-state index contributed by atoms with van der Waals surface area (Å²) in [7, 11) is 0. The second-order valence-corrected chi connectivity index (χ2v) is 7.67. The second-order valence-electron chi connectivity index (χ2n) is 7.67. The van der Waals surface area contributed by atoms with E-state index in [0.29, 0.717) is 12.8 Å². The normalized spacial score (nSPS) is 10.8. The summed E-state index contributed by atoms with van der Waals surface area (Å²) in [5, 5.41) is 12.7. The van der Waals surface area contributed by atoms with Crippen LogP contribution in [-0.4, -0.2) is 57.6 Å². The molecule has 2 amide bonds. The third-order valence-corrected chi connectivity index (χ3v) is 4.78. The first-order valence-electron chi connectivity index (χ1n) is 11.9. The van der Waals surface area contributed by atoms with Crippen LogP contribution in [0.5, 0.6) is 0 Å². The highest BCUT2D eigenvalue weighted by Crippen LogP contribution is 2.01. The Morgan fingerprint density at radius 1 is 0.586 bits per heavy atom. The van der Waals surface area contributed by atoms with Gasteiger partial charge in [-0.3, -0.25) is 9.59 Å². The van der Waals surface area contributed by atoms with E-state index in [0.717, 1.165) is 97.2 Å². The average molecular weight is 414 g/mol. The molecule has 7 nitrogen and oxygen atoms in total. The summed E-state index contributed by atoms with van der Waals surface area (Å²) in [6, 6.07) is 0. The average Bonchev–Trinajstić information content (AvgIpc) is 2.71. The van der Waals surface area contributed by atoms with Crippen LogP contribution in [0.3, 0.4) is 0 Å². The van der Waals surface area contributed by atoms with E-state index < -0.39 is 0 Å². The van der Waals surface area contributed by atoms with Crippen molar-refractivity contribution in [2.75, 3.05) is 45.8 Å². The van der Waals surface area contributed by atoms with Crippen LogP contribution in [-0.2, 0) is 9.59 Å². The number of nitrogens with two attached hydrogens (primary N) is 1. The highest BCUT2D eigenvalue weighted by molar-refractivity contribution is 5.76. The number of hydrogen-bond donors (Lipinski definition) is 5. The SMILES string of the molecule is CCCCCC(=O)NCCCCCC(=O)NCCCNCCCCNCCCN. The van der Waals surface area contributed by atoms with Gasteiger partial charge in [0.15, 0.2) is 0 Å². The van der Waals surface area contributed by atoms with Gasteiger partial charge in [-0.2, -0.15) is 0 Å². The number of amides is 2. The Kier molecular flexibility index (Phi) is 22.2. The van der Waals surface area contributed by atoms with Crippen molar-refractivity contribution in [1.29, 1.82) is 0 Å². The molecule has 0 aliphatic rings. The van der Waals surface area contributed by atoms with Gasteiger partial charge in [0.05, 0.1) is 0 Å². The molecule has 29 heavy (non-hydrogen) atoms. The lowest BCUT2D eigenvalue weighted by molar-refractivity contribution is -0.122. The van der Waals surface area contributed by atoms with Crippen molar-refractivity contribution in [3.63, 3.8) is 0 Å². The van der Waals surface area contributed by atoms with Crippen molar-refractivity contribution in [3.05, 3.63) is 0 Å². The molecule has 0 spiro atoms. The van der Waals surface area contributed by atoms with Gasteiger partial charge in [-0.15, -0.1) is 0 Å². The van der Waals surface area contributed by atoms with Gasteiger partial charge in [0.2, 0.25) is 11.8 Å². The van der Waals surface area contributed by atoms with E-state index in [1.165, 1.54) is 12.8 Å². The van der Waals surface area contributed by atoms with Crippen molar-refractivity contribution in [2.45, 2.75) is 84.0 Å². The van der Waals surface area contributed by atoms with Crippen LogP contribution in [0.4, 0.5) is 0 Å². The Hall–Kier alpha value is -1.18. The number of carbonyl (C=O) groups excluding carboxylic acids is 2. The molecule has 0 atom stereocenters. The van der Waals surface area contributed by atoms with Crippen molar-refractivity contribution in [1.82, 2.24) is 21.3 Å². The van der Waals surface area contributed by atoms with Crippen molar-refractivity contribution in [3.8, 4) is 0 Å². The first-order valence-corrected chi connectivity index (χ1v) is 11.9. The molecule has 172 valence electrons. The molecule has 0 fully saturated rings. The zero-order valence-electron chi connectivity index (χ0n) is 18.8. The van der Waals surface area contributed by atoms with E-state index in [4.69, 9.17) is 5.73 Å². The van der Waals surface area contributed by atoms with E-state index in [2.05, 4.69) is 28.2 Å². The van der Waals surface area contributed by atoms with Crippen LogP contribution < -0.4 is 27.0 Å². The van der Waals surface area contributed by atoms with Crippen LogP contribution >= 0.6 is 0 Å². The summed E-state index contributed by atoms with van der Waals surface area (Å²) in [5.41, 5.74) is 5.44. The van der Waals surface area contributed by atoms with Crippen molar-refractivity contribution >= 4 is 11.8 Å². The first-order chi connectivity index (χ1) is 14.2. The Labute approximate surface area is 178 Å². The van der Waals surface area contributed by atoms with E-state index >= 15 is 0 Å². The molecule has 0 radical (unpaired) electrons. The maximum atomic E-state index is 11.8. The predicted molar refractivity (Wildman–Crippen MR) is 122 cm³/mol. The molecule has 0 saturated heterocycles. The minimum Gasteiger partial charge on any atom is -0.356 e. The number of carbonyl (C=O) groups is 2. The van der Waals surface area contributed by atoms with E-state index in [9.17, 15) is 9.59 Å². The summed E-state index contributed by atoms with van der Waals surface area (Å²) >= 11 is 0. The van der Waals surface area contributed by atoms with Gasteiger partial charge in [-0.25, -0.2) is 0 Å². The molecule has 0 heterocycles. The molecular weight excluding hydrogens is 366 g/mol. The molecule has 0 aliphatic heterocycles. The summed E-state index contributed by atoms with van der Waals surface area (Å²) in [6.45, 7) is 8.40. The van der Waals surface area contributed by atoms with Crippen LogP contribution in [0.2, 0.25) is 0 Å². The molecular formula is C22H47N5O2. The number of nitrogens with one attached hydrogen (secondary N) is 4. The summed E-state index contributed by atoms with van der Waals surface area (Å²) in [4.78, 5) is 23.4. The fraction of sp³-hybridized carbons (Fsp3) is 0.909. The largest absolute Gasteiger partial charge is 0.356 e.